The average molecular weight is 538 g/mol. The van der Waals surface area contributed by atoms with Crippen LogP contribution in [0.2, 0.25) is 0 Å². The summed E-state index contributed by atoms with van der Waals surface area (Å²) in [5.41, 5.74) is 8.38. The second-order valence-electron chi connectivity index (χ2n) is 9.68. The molecule has 15 nitrogen and oxygen atoms in total. The Bertz CT molecular complexity index is 1450. The zero-order valence-corrected chi connectivity index (χ0v) is 20.7. The molecule has 3 amide bonds. The molecule has 15 heteroatoms. The number of aliphatic hydroxyl groups is 2. The Labute approximate surface area is 221 Å². The summed E-state index contributed by atoms with van der Waals surface area (Å²) in [6.45, 7) is 1.99. The molecular formula is C24H27N9O6. The Hall–Kier alpha value is -4.18. The molecule has 0 radical (unpaired) electrons. The fourth-order valence-corrected chi connectivity index (χ4v) is 5.22. The second-order valence-corrected chi connectivity index (χ2v) is 9.68. The molecule has 0 aliphatic carbocycles. The van der Waals surface area contributed by atoms with Gasteiger partial charge in [-0.15, -0.1) is 0 Å². The number of nitrogen functional groups attached to an aromatic ring is 1. The molecule has 2 saturated heterocycles. The predicted octanol–water partition coefficient (Wildman–Crippen LogP) is -1.95. The van der Waals surface area contributed by atoms with Gasteiger partial charge in [0.15, 0.2) is 23.8 Å². The highest BCUT2D eigenvalue weighted by Crippen LogP contribution is 2.33. The molecule has 6 N–H and O–H groups in total. The van der Waals surface area contributed by atoms with Crippen LogP contribution in [0.1, 0.15) is 22.1 Å². The van der Waals surface area contributed by atoms with Crippen LogP contribution in [0.25, 0.3) is 11.2 Å². The van der Waals surface area contributed by atoms with Crippen LogP contribution in [0.15, 0.2) is 30.9 Å². The lowest BCUT2D eigenvalue weighted by atomic mass is 10.1. The minimum atomic E-state index is -1.46. The van der Waals surface area contributed by atoms with Gasteiger partial charge in [0.2, 0.25) is 5.91 Å². The third-order valence-electron chi connectivity index (χ3n) is 7.31. The number of hydrogen-bond donors (Lipinski definition) is 5. The number of ether oxygens (including phenoxy) is 1. The first-order valence-electron chi connectivity index (χ1n) is 12.5. The zero-order chi connectivity index (χ0) is 27.3. The number of hydrogen-bond acceptors (Lipinski definition) is 11. The van der Waals surface area contributed by atoms with Crippen molar-refractivity contribution < 1.29 is 29.3 Å². The number of nitrogens with one attached hydrogen (secondary N) is 2. The van der Waals surface area contributed by atoms with Gasteiger partial charge in [0, 0.05) is 49.5 Å². The monoisotopic (exact) mass is 537 g/mol. The molecule has 4 atom stereocenters. The lowest BCUT2D eigenvalue weighted by Crippen LogP contribution is -2.54. The molecule has 3 aromatic rings. The Morgan fingerprint density at radius 2 is 1.92 bits per heavy atom. The maximum absolute atomic E-state index is 13.2. The third kappa shape index (κ3) is 4.44. The van der Waals surface area contributed by atoms with Crippen LogP contribution in [0, 0.1) is 0 Å². The van der Waals surface area contributed by atoms with Crippen molar-refractivity contribution in [2.75, 3.05) is 43.8 Å². The van der Waals surface area contributed by atoms with Gasteiger partial charge in [-0.25, -0.2) is 15.0 Å². The maximum Gasteiger partial charge on any atom is 0.254 e. The molecule has 204 valence electrons. The molecule has 2 aromatic heterocycles. The lowest BCUT2D eigenvalue weighted by Gasteiger charge is -2.35. The molecule has 1 unspecified atom stereocenters. The van der Waals surface area contributed by atoms with Crippen molar-refractivity contribution in [1.29, 1.82) is 0 Å². The lowest BCUT2D eigenvalue weighted by molar-refractivity contribution is -0.150. The van der Waals surface area contributed by atoms with Crippen LogP contribution in [0.3, 0.4) is 0 Å². The van der Waals surface area contributed by atoms with Crippen LogP contribution in [-0.2, 0) is 20.9 Å². The molecule has 39 heavy (non-hydrogen) atoms. The van der Waals surface area contributed by atoms with Crippen molar-refractivity contribution in [3.8, 4) is 0 Å². The number of aliphatic hydroxyl groups excluding tert-OH is 2. The quantitative estimate of drug-likeness (QED) is 0.242. The number of piperazine rings is 1. The first kappa shape index (κ1) is 25.1. The van der Waals surface area contributed by atoms with E-state index in [1.165, 1.54) is 17.2 Å². The number of rotatable bonds is 5. The number of amides is 3. The topological polar surface area (TPSA) is 201 Å². The number of carbonyl (C=O) groups excluding carboxylic acids is 3. The van der Waals surface area contributed by atoms with E-state index in [2.05, 4.69) is 25.6 Å². The van der Waals surface area contributed by atoms with Crippen molar-refractivity contribution in [1.82, 2.24) is 34.6 Å². The molecule has 1 aromatic carbocycles. The van der Waals surface area contributed by atoms with E-state index in [-0.39, 0.29) is 24.2 Å². The van der Waals surface area contributed by atoms with Crippen molar-refractivity contribution in [3.63, 3.8) is 0 Å². The molecule has 5 heterocycles. The molecular weight excluding hydrogens is 510 g/mol. The van der Waals surface area contributed by atoms with Crippen LogP contribution >= 0.6 is 0 Å². The summed E-state index contributed by atoms with van der Waals surface area (Å²) < 4.78 is 7.23. The van der Waals surface area contributed by atoms with E-state index >= 15 is 0 Å². The van der Waals surface area contributed by atoms with Gasteiger partial charge in [-0.2, -0.15) is 0 Å². The normalized spacial score (nSPS) is 25.1. The molecule has 6 rings (SSSR count). The largest absolute Gasteiger partial charge is 0.387 e. The first-order chi connectivity index (χ1) is 18.8. The summed E-state index contributed by atoms with van der Waals surface area (Å²) in [7, 11) is 0. The average Bonchev–Trinajstić information content (AvgIpc) is 3.61. The summed E-state index contributed by atoms with van der Waals surface area (Å²) in [6.07, 6.45) is -2.62. The van der Waals surface area contributed by atoms with Crippen molar-refractivity contribution in [2.45, 2.75) is 31.1 Å². The molecule has 3 aliphatic rings. The van der Waals surface area contributed by atoms with E-state index in [0.717, 1.165) is 5.56 Å². The number of imidazole rings is 1. The van der Waals surface area contributed by atoms with E-state index in [1.54, 1.807) is 23.1 Å². The van der Waals surface area contributed by atoms with Crippen LogP contribution in [0.4, 0.5) is 11.5 Å². The van der Waals surface area contributed by atoms with Gasteiger partial charge in [-0.3, -0.25) is 23.9 Å². The summed E-state index contributed by atoms with van der Waals surface area (Å²) in [4.78, 5) is 53.4. The van der Waals surface area contributed by atoms with Crippen molar-refractivity contribution in [3.05, 3.63) is 42.0 Å². The van der Waals surface area contributed by atoms with Crippen molar-refractivity contribution in [2.24, 2.45) is 0 Å². The van der Waals surface area contributed by atoms with Gasteiger partial charge < -0.3 is 36.2 Å². The highest BCUT2D eigenvalue weighted by Gasteiger charge is 2.49. The molecule has 0 saturated carbocycles. The number of anilines is 2. The van der Waals surface area contributed by atoms with Gasteiger partial charge in [-0.05, 0) is 12.1 Å². The summed E-state index contributed by atoms with van der Waals surface area (Å²) >= 11 is 0. The molecule has 0 spiro atoms. The minimum Gasteiger partial charge on any atom is -0.387 e. The van der Waals surface area contributed by atoms with Gasteiger partial charge in [0.25, 0.3) is 11.8 Å². The Kier molecular flexibility index (Phi) is 6.34. The van der Waals surface area contributed by atoms with Gasteiger partial charge in [-0.1, -0.05) is 6.07 Å². The van der Waals surface area contributed by atoms with Crippen LogP contribution in [0.5, 0.6) is 0 Å². The Morgan fingerprint density at radius 1 is 1.13 bits per heavy atom. The zero-order valence-electron chi connectivity index (χ0n) is 20.7. The molecule has 0 bridgehead atoms. The Morgan fingerprint density at radius 3 is 2.72 bits per heavy atom. The smallest absolute Gasteiger partial charge is 0.254 e. The highest BCUT2D eigenvalue weighted by atomic mass is 16.6. The Balaban J connectivity index is 1.05. The first-order valence-corrected chi connectivity index (χ1v) is 12.5. The number of benzene rings is 1. The highest BCUT2D eigenvalue weighted by molar-refractivity contribution is 6.02. The summed E-state index contributed by atoms with van der Waals surface area (Å²) in [5, 5.41) is 26.9. The predicted molar refractivity (Wildman–Crippen MR) is 135 cm³/mol. The number of nitrogens with zero attached hydrogens (tertiary/aromatic N) is 6. The van der Waals surface area contributed by atoms with Gasteiger partial charge in [0.1, 0.15) is 24.1 Å². The fraction of sp³-hybridized carbons (Fsp3) is 0.417. The number of carbonyl (C=O) groups is 3. The van der Waals surface area contributed by atoms with Crippen LogP contribution < -0.4 is 16.4 Å². The maximum atomic E-state index is 13.2. The fourth-order valence-electron chi connectivity index (χ4n) is 5.22. The number of fused-ring (bicyclic) bond motifs is 2. The van der Waals surface area contributed by atoms with Crippen LogP contribution in [-0.4, -0.2) is 108 Å². The molecule has 2 fully saturated rings. The van der Waals surface area contributed by atoms with Crippen molar-refractivity contribution >= 4 is 40.4 Å². The van der Waals surface area contributed by atoms with E-state index in [0.29, 0.717) is 55.1 Å². The second kappa shape index (κ2) is 9.85. The van der Waals surface area contributed by atoms with E-state index in [1.807, 2.05) is 4.90 Å². The SMILES string of the molecule is Nc1ncnc2c1ncn2[C@@H]1O[C@H](C(=O)N2CCN(CC(=O)Nc3cccc4c3CNC4=O)CC2)[C@H](O)C1O. The number of nitrogens with two attached hydrogens (primary N) is 1. The standard InChI is InChI=1S/C24H27N9O6/c25-20-16-21(28-10-27-20)33(11-29-16)24-18(36)17(35)19(39-24)23(38)32-6-4-31(5-7-32)9-15(34)30-14-3-1-2-12-13(14)8-26-22(12)37/h1-3,10-11,17-19,24,35-36H,4-9H2,(H,26,37)(H,30,34)(H2,25,27,28)/t17-,18?,19+,24-/m1/s1. The van der Waals surface area contributed by atoms with Gasteiger partial charge >= 0.3 is 0 Å². The van der Waals surface area contributed by atoms with E-state index in [9.17, 15) is 24.6 Å². The van der Waals surface area contributed by atoms with E-state index in [4.69, 9.17) is 10.5 Å². The summed E-state index contributed by atoms with van der Waals surface area (Å²) in [5.74, 6) is -0.677. The number of aromatic nitrogens is 4. The third-order valence-corrected chi connectivity index (χ3v) is 7.31. The summed E-state index contributed by atoms with van der Waals surface area (Å²) in [6, 6.07) is 5.21. The van der Waals surface area contributed by atoms with Gasteiger partial charge in [0.05, 0.1) is 12.9 Å². The minimum absolute atomic E-state index is 0.120. The van der Waals surface area contributed by atoms with E-state index < -0.39 is 30.4 Å². The molecule has 3 aliphatic heterocycles.